The zero-order valence-electron chi connectivity index (χ0n) is 29.8. The molecule has 9 atom stereocenters. The van der Waals surface area contributed by atoms with Crippen LogP contribution in [0.25, 0.3) is 0 Å². The first-order chi connectivity index (χ1) is 22.1. The first-order valence-corrected chi connectivity index (χ1v) is 18.3. The van der Waals surface area contributed by atoms with Gasteiger partial charge in [0.25, 0.3) is 0 Å². The fourth-order valence-corrected chi connectivity index (χ4v) is 12.4. The molecular weight excluding hydrogens is 588 g/mol. The number of ether oxygens (including phenoxy) is 2. The first-order valence-electron chi connectivity index (χ1n) is 18.3. The first kappa shape index (κ1) is 33.0. The molecule has 47 heavy (non-hydrogen) atoms. The van der Waals surface area contributed by atoms with Gasteiger partial charge in [-0.05, 0) is 109 Å². The number of allylic oxidation sites excluding steroid dienone is 2. The standard InChI is InChI=1S/C40H56N2O5/c1-35(2)30-10-13-40(7)32(38(30,5)12-11-31(35)47-33(44)26-9-8-18-41-25-26)29(43)23-27-28-24-37(4,34(45)42-19-21-46-22-20-42)15-14-36(28,3)16-17-39(27,40)6/h8-9,18,23,25,28,30-32H,10-17,19-22,24H2,1-7H3/t28-,30-,31-,32+,36+,37+,38-,39+,40+/m0/s1. The minimum Gasteiger partial charge on any atom is -0.458 e. The van der Waals surface area contributed by atoms with Crippen molar-refractivity contribution in [3.8, 4) is 0 Å². The molecule has 0 aromatic carbocycles. The largest absolute Gasteiger partial charge is 0.458 e. The summed E-state index contributed by atoms with van der Waals surface area (Å²) < 4.78 is 11.8. The number of morpholine rings is 1. The fraction of sp³-hybridized carbons (Fsp3) is 0.750. The average molecular weight is 645 g/mol. The van der Waals surface area contributed by atoms with Crippen molar-refractivity contribution in [3.63, 3.8) is 0 Å². The Morgan fingerprint density at radius 1 is 0.936 bits per heavy atom. The highest BCUT2D eigenvalue weighted by atomic mass is 16.5. The van der Waals surface area contributed by atoms with Gasteiger partial charge in [0.05, 0.1) is 18.8 Å². The zero-order chi connectivity index (χ0) is 33.6. The number of fused-ring (bicyclic) bond motifs is 7. The summed E-state index contributed by atoms with van der Waals surface area (Å²) in [6.45, 7) is 19.0. The molecule has 1 aliphatic heterocycles. The number of carbonyl (C=O) groups excluding carboxylic acids is 3. The van der Waals surface area contributed by atoms with Crippen LogP contribution < -0.4 is 0 Å². The maximum absolute atomic E-state index is 14.8. The van der Waals surface area contributed by atoms with Crippen molar-refractivity contribution < 1.29 is 23.9 Å². The van der Waals surface area contributed by atoms with Gasteiger partial charge in [-0.15, -0.1) is 0 Å². The molecule has 5 fully saturated rings. The second kappa shape index (κ2) is 11.0. The van der Waals surface area contributed by atoms with Gasteiger partial charge in [-0.25, -0.2) is 4.79 Å². The van der Waals surface area contributed by atoms with Gasteiger partial charge in [0.2, 0.25) is 5.91 Å². The van der Waals surface area contributed by atoms with Gasteiger partial charge in [0.1, 0.15) is 6.10 Å². The number of ketones is 1. The van der Waals surface area contributed by atoms with Crippen molar-refractivity contribution >= 4 is 17.7 Å². The molecule has 1 aromatic rings. The van der Waals surface area contributed by atoms with Gasteiger partial charge in [0, 0.05) is 42.2 Å². The molecule has 5 aliphatic carbocycles. The van der Waals surface area contributed by atoms with Crippen LogP contribution in [0.1, 0.15) is 117 Å². The third kappa shape index (κ3) is 4.75. The molecule has 1 amide bonds. The van der Waals surface area contributed by atoms with E-state index in [2.05, 4.69) is 59.5 Å². The molecule has 7 heteroatoms. The minimum atomic E-state index is -0.416. The Balaban J connectivity index is 1.19. The number of aromatic nitrogens is 1. The van der Waals surface area contributed by atoms with Crippen molar-refractivity contribution in [1.29, 1.82) is 0 Å². The predicted molar refractivity (Wildman–Crippen MR) is 180 cm³/mol. The second-order valence-corrected chi connectivity index (χ2v) is 18.2. The van der Waals surface area contributed by atoms with E-state index in [1.165, 1.54) is 5.57 Å². The Morgan fingerprint density at radius 3 is 2.36 bits per heavy atom. The molecule has 1 saturated heterocycles. The molecule has 1 aromatic heterocycles. The zero-order valence-corrected chi connectivity index (χ0v) is 29.8. The normalized spacial score (nSPS) is 44.2. The fourth-order valence-electron chi connectivity index (χ4n) is 12.4. The van der Waals surface area contributed by atoms with E-state index >= 15 is 0 Å². The smallest absolute Gasteiger partial charge is 0.339 e. The Hall–Kier alpha value is -2.54. The molecule has 0 bridgehead atoms. The highest BCUT2D eigenvalue weighted by Gasteiger charge is 2.70. The quantitative estimate of drug-likeness (QED) is 0.318. The van der Waals surface area contributed by atoms with Crippen LogP contribution in [-0.4, -0.2) is 60.0 Å². The third-order valence-electron chi connectivity index (χ3n) is 15.5. The number of nitrogens with zero attached hydrogens (tertiary/aromatic N) is 2. The number of amides is 1. The molecular formula is C40H56N2O5. The lowest BCUT2D eigenvalue weighted by Crippen LogP contribution is -2.67. The Morgan fingerprint density at radius 2 is 1.66 bits per heavy atom. The van der Waals surface area contributed by atoms with Crippen molar-refractivity contribution in [2.45, 2.75) is 112 Å². The summed E-state index contributed by atoms with van der Waals surface area (Å²) in [7, 11) is 0. The number of esters is 1. The predicted octanol–water partition coefficient (Wildman–Crippen LogP) is 7.45. The van der Waals surface area contributed by atoms with Crippen LogP contribution in [0.2, 0.25) is 0 Å². The summed E-state index contributed by atoms with van der Waals surface area (Å²) in [5.41, 5.74) is 0.791. The molecule has 7 nitrogen and oxygen atoms in total. The lowest BCUT2D eigenvalue weighted by molar-refractivity contribution is -0.202. The minimum absolute atomic E-state index is 0.0777. The second-order valence-electron chi connectivity index (χ2n) is 18.2. The molecule has 2 heterocycles. The average Bonchev–Trinajstić information content (AvgIpc) is 3.04. The van der Waals surface area contributed by atoms with Crippen molar-refractivity contribution in [2.24, 2.45) is 50.2 Å². The summed E-state index contributed by atoms with van der Waals surface area (Å²) in [6, 6.07) is 3.53. The summed E-state index contributed by atoms with van der Waals surface area (Å²) >= 11 is 0. The molecule has 0 spiro atoms. The summed E-state index contributed by atoms with van der Waals surface area (Å²) in [4.78, 5) is 48.1. The van der Waals surface area contributed by atoms with Gasteiger partial charge in [-0.1, -0.05) is 54.0 Å². The summed E-state index contributed by atoms with van der Waals surface area (Å²) in [5.74, 6) is 0.672. The van der Waals surface area contributed by atoms with Gasteiger partial charge >= 0.3 is 5.97 Å². The van der Waals surface area contributed by atoms with Gasteiger partial charge in [-0.2, -0.15) is 0 Å². The lowest BCUT2D eigenvalue weighted by atomic mass is 9.33. The van der Waals surface area contributed by atoms with E-state index in [4.69, 9.17) is 9.47 Å². The van der Waals surface area contributed by atoms with Gasteiger partial charge in [0.15, 0.2) is 5.78 Å². The SMILES string of the molecule is CC1(C)[C@@H](OC(=O)c2cccnc2)CC[C@]2(C)[C@H]3C(=O)C=C4[C@@H]5C[C@](C)(C(=O)N6CCOCC6)CC[C@]5(C)CC[C@@]4(C)[C@]3(C)CC[C@@H]12. The van der Waals surface area contributed by atoms with E-state index in [1.54, 1.807) is 24.5 Å². The highest BCUT2D eigenvalue weighted by Crippen LogP contribution is 2.75. The van der Waals surface area contributed by atoms with E-state index in [0.29, 0.717) is 37.6 Å². The van der Waals surface area contributed by atoms with E-state index in [1.807, 2.05) is 4.90 Å². The van der Waals surface area contributed by atoms with E-state index < -0.39 is 5.41 Å². The van der Waals surface area contributed by atoms with Crippen LogP contribution in [0, 0.1) is 50.2 Å². The number of carbonyl (C=O) groups is 3. The topological polar surface area (TPSA) is 85.8 Å². The lowest BCUT2D eigenvalue weighted by Gasteiger charge is -2.70. The highest BCUT2D eigenvalue weighted by molar-refractivity contribution is 5.96. The van der Waals surface area contributed by atoms with Gasteiger partial charge in [-0.3, -0.25) is 14.6 Å². The number of rotatable bonds is 3. The van der Waals surface area contributed by atoms with Crippen LogP contribution in [0.3, 0.4) is 0 Å². The summed E-state index contributed by atoms with van der Waals surface area (Å²) in [5, 5.41) is 0. The number of hydrogen-bond acceptors (Lipinski definition) is 6. The number of pyridine rings is 1. The van der Waals surface area contributed by atoms with Crippen LogP contribution in [-0.2, 0) is 19.1 Å². The van der Waals surface area contributed by atoms with Crippen molar-refractivity contribution in [3.05, 3.63) is 41.7 Å². The molecule has 0 N–H and O–H groups in total. The molecule has 7 rings (SSSR count). The van der Waals surface area contributed by atoms with E-state index in [-0.39, 0.29) is 62.8 Å². The third-order valence-corrected chi connectivity index (χ3v) is 15.5. The van der Waals surface area contributed by atoms with Crippen molar-refractivity contribution in [2.75, 3.05) is 26.3 Å². The van der Waals surface area contributed by atoms with E-state index in [9.17, 15) is 14.4 Å². The molecule has 4 saturated carbocycles. The number of hydrogen-bond donors (Lipinski definition) is 0. The summed E-state index contributed by atoms with van der Waals surface area (Å²) in [6.07, 6.45) is 13.7. The van der Waals surface area contributed by atoms with Crippen LogP contribution in [0.5, 0.6) is 0 Å². The maximum Gasteiger partial charge on any atom is 0.339 e. The van der Waals surface area contributed by atoms with Crippen LogP contribution in [0.15, 0.2) is 36.2 Å². The van der Waals surface area contributed by atoms with Crippen molar-refractivity contribution in [1.82, 2.24) is 9.88 Å². The molecule has 6 aliphatic rings. The van der Waals surface area contributed by atoms with Crippen LogP contribution >= 0.6 is 0 Å². The Kier molecular flexibility index (Phi) is 7.71. The Bertz CT molecular complexity index is 1480. The molecule has 0 unspecified atom stereocenters. The van der Waals surface area contributed by atoms with Gasteiger partial charge < -0.3 is 14.4 Å². The van der Waals surface area contributed by atoms with Crippen LogP contribution in [0.4, 0.5) is 0 Å². The maximum atomic E-state index is 14.8. The van der Waals surface area contributed by atoms with E-state index in [0.717, 1.165) is 57.8 Å². The Labute approximate surface area is 281 Å². The molecule has 0 radical (unpaired) electrons. The molecule has 256 valence electrons. The monoisotopic (exact) mass is 644 g/mol.